The number of morpholine rings is 1. The number of anilines is 1. The first-order chi connectivity index (χ1) is 15.7. The molecule has 0 aliphatic carbocycles. The number of halogens is 1. The molecule has 1 atom stereocenters. The van der Waals surface area contributed by atoms with Crippen LogP contribution in [-0.2, 0) is 24.3 Å². The van der Waals surface area contributed by atoms with Crippen LogP contribution in [0, 0.1) is 0 Å². The van der Waals surface area contributed by atoms with Gasteiger partial charge in [0.1, 0.15) is 5.75 Å². The van der Waals surface area contributed by atoms with Gasteiger partial charge >= 0.3 is 5.97 Å². The summed E-state index contributed by atoms with van der Waals surface area (Å²) < 4.78 is 42.8. The standard InChI is InChI=1S/C22H25ClN2O7S/c1-3-31-17-6-4-16(5-7-17)24-21(26)15(2)32-22(27)19-14-18(8-9-20(19)23)33(28,29)25-10-12-30-13-11-25/h4-9,14-15H,3,10-13H2,1-2H3,(H,24,26). The summed E-state index contributed by atoms with van der Waals surface area (Å²) in [6.45, 7) is 4.82. The third kappa shape index (κ3) is 6.23. The Morgan fingerprint density at radius 1 is 1.15 bits per heavy atom. The molecule has 1 amide bonds. The number of hydrogen-bond donors (Lipinski definition) is 1. The van der Waals surface area contributed by atoms with Gasteiger partial charge in [-0.25, -0.2) is 13.2 Å². The Morgan fingerprint density at radius 2 is 1.82 bits per heavy atom. The van der Waals surface area contributed by atoms with Crippen molar-refractivity contribution in [2.75, 3.05) is 38.2 Å². The summed E-state index contributed by atoms with van der Waals surface area (Å²) in [7, 11) is -3.83. The number of rotatable bonds is 8. The van der Waals surface area contributed by atoms with Gasteiger partial charge in [-0.1, -0.05) is 11.6 Å². The van der Waals surface area contributed by atoms with E-state index in [9.17, 15) is 18.0 Å². The number of ether oxygens (including phenoxy) is 3. The van der Waals surface area contributed by atoms with Gasteiger partial charge in [-0.05, 0) is 56.3 Å². The molecule has 0 spiro atoms. The van der Waals surface area contributed by atoms with E-state index in [0.29, 0.717) is 31.3 Å². The Labute approximate surface area is 197 Å². The normalized spacial score (nSPS) is 15.5. The average Bonchev–Trinajstić information content (AvgIpc) is 2.81. The predicted molar refractivity (Wildman–Crippen MR) is 122 cm³/mol. The first-order valence-electron chi connectivity index (χ1n) is 10.3. The molecule has 1 heterocycles. The van der Waals surface area contributed by atoms with E-state index in [-0.39, 0.29) is 28.6 Å². The number of sulfonamides is 1. The highest BCUT2D eigenvalue weighted by Gasteiger charge is 2.28. The highest BCUT2D eigenvalue weighted by molar-refractivity contribution is 7.89. The molecular weight excluding hydrogens is 472 g/mol. The van der Waals surface area contributed by atoms with Crippen molar-refractivity contribution < 1.29 is 32.2 Å². The van der Waals surface area contributed by atoms with Crippen molar-refractivity contribution >= 4 is 39.2 Å². The Bertz CT molecular complexity index is 1100. The number of hydrogen-bond acceptors (Lipinski definition) is 7. The topological polar surface area (TPSA) is 111 Å². The van der Waals surface area contributed by atoms with E-state index in [4.69, 9.17) is 25.8 Å². The van der Waals surface area contributed by atoms with Crippen LogP contribution in [0.2, 0.25) is 5.02 Å². The van der Waals surface area contributed by atoms with Gasteiger partial charge in [0.2, 0.25) is 10.0 Å². The van der Waals surface area contributed by atoms with E-state index in [1.165, 1.54) is 23.4 Å². The molecule has 1 fully saturated rings. The van der Waals surface area contributed by atoms with Crippen LogP contribution in [0.4, 0.5) is 5.69 Å². The monoisotopic (exact) mass is 496 g/mol. The van der Waals surface area contributed by atoms with E-state index < -0.39 is 28.0 Å². The lowest BCUT2D eigenvalue weighted by Gasteiger charge is -2.26. The molecule has 33 heavy (non-hydrogen) atoms. The van der Waals surface area contributed by atoms with E-state index in [2.05, 4.69) is 5.32 Å². The van der Waals surface area contributed by atoms with Crippen molar-refractivity contribution in [2.45, 2.75) is 24.8 Å². The summed E-state index contributed by atoms with van der Waals surface area (Å²) in [4.78, 5) is 25.0. The van der Waals surface area contributed by atoms with Crippen molar-refractivity contribution in [3.63, 3.8) is 0 Å². The van der Waals surface area contributed by atoms with Crippen LogP contribution in [0.15, 0.2) is 47.4 Å². The minimum Gasteiger partial charge on any atom is -0.494 e. The van der Waals surface area contributed by atoms with Crippen LogP contribution in [-0.4, -0.2) is 63.6 Å². The number of nitrogens with zero attached hydrogens (tertiary/aromatic N) is 1. The zero-order valence-electron chi connectivity index (χ0n) is 18.2. The lowest BCUT2D eigenvalue weighted by atomic mass is 10.2. The van der Waals surface area contributed by atoms with Crippen LogP contribution < -0.4 is 10.1 Å². The second-order valence-corrected chi connectivity index (χ2v) is 9.50. The van der Waals surface area contributed by atoms with Crippen LogP contribution >= 0.6 is 11.6 Å². The van der Waals surface area contributed by atoms with Gasteiger partial charge in [0, 0.05) is 18.8 Å². The van der Waals surface area contributed by atoms with Crippen LogP contribution in [0.1, 0.15) is 24.2 Å². The Morgan fingerprint density at radius 3 is 2.45 bits per heavy atom. The first-order valence-corrected chi connectivity index (χ1v) is 12.2. The van der Waals surface area contributed by atoms with Gasteiger partial charge in [-0.3, -0.25) is 4.79 Å². The Kier molecular flexibility index (Phi) is 8.30. The van der Waals surface area contributed by atoms with Crippen molar-refractivity contribution in [1.29, 1.82) is 0 Å². The number of esters is 1. The minimum absolute atomic E-state index is 0.0139. The Balaban J connectivity index is 1.68. The smallest absolute Gasteiger partial charge is 0.340 e. The van der Waals surface area contributed by atoms with Gasteiger partial charge in [0.25, 0.3) is 5.91 Å². The fourth-order valence-corrected chi connectivity index (χ4v) is 4.71. The molecule has 3 rings (SSSR count). The van der Waals surface area contributed by atoms with Gasteiger partial charge in [0.15, 0.2) is 6.10 Å². The quantitative estimate of drug-likeness (QED) is 0.559. The second-order valence-electron chi connectivity index (χ2n) is 7.15. The fourth-order valence-electron chi connectivity index (χ4n) is 3.08. The molecule has 1 saturated heterocycles. The SMILES string of the molecule is CCOc1ccc(NC(=O)C(C)OC(=O)c2cc(S(=O)(=O)N3CCOCC3)ccc2Cl)cc1. The molecule has 0 radical (unpaired) electrons. The molecule has 1 N–H and O–H groups in total. The second kappa shape index (κ2) is 11.0. The zero-order chi connectivity index (χ0) is 24.0. The molecule has 1 unspecified atom stereocenters. The highest BCUT2D eigenvalue weighted by atomic mass is 35.5. The van der Waals surface area contributed by atoms with Crippen molar-refractivity contribution in [3.05, 3.63) is 53.1 Å². The molecule has 2 aromatic carbocycles. The van der Waals surface area contributed by atoms with Gasteiger partial charge < -0.3 is 19.5 Å². The predicted octanol–water partition coefficient (Wildman–Crippen LogP) is 2.94. The number of benzene rings is 2. The molecule has 178 valence electrons. The molecule has 1 aliphatic heterocycles. The number of nitrogens with one attached hydrogen (secondary N) is 1. The van der Waals surface area contributed by atoms with E-state index in [1.54, 1.807) is 24.3 Å². The molecule has 9 nitrogen and oxygen atoms in total. The lowest BCUT2D eigenvalue weighted by molar-refractivity contribution is -0.123. The van der Waals surface area contributed by atoms with Gasteiger partial charge in [-0.2, -0.15) is 4.31 Å². The zero-order valence-corrected chi connectivity index (χ0v) is 19.8. The van der Waals surface area contributed by atoms with Crippen molar-refractivity contribution in [1.82, 2.24) is 4.31 Å². The molecular formula is C22H25ClN2O7S. The number of amides is 1. The van der Waals surface area contributed by atoms with E-state index >= 15 is 0 Å². The van der Waals surface area contributed by atoms with Crippen molar-refractivity contribution in [2.24, 2.45) is 0 Å². The summed E-state index contributed by atoms with van der Waals surface area (Å²) in [6.07, 6.45) is -1.15. The molecule has 0 aromatic heterocycles. The van der Waals surface area contributed by atoms with Gasteiger partial charge in [-0.15, -0.1) is 0 Å². The van der Waals surface area contributed by atoms with Crippen molar-refractivity contribution in [3.8, 4) is 5.75 Å². The summed E-state index contributed by atoms with van der Waals surface area (Å²) in [6, 6.07) is 10.5. The largest absolute Gasteiger partial charge is 0.494 e. The van der Waals surface area contributed by atoms with Crippen LogP contribution in [0.25, 0.3) is 0 Å². The van der Waals surface area contributed by atoms with Crippen LogP contribution in [0.3, 0.4) is 0 Å². The molecule has 11 heteroatoms. The van der Waals surface area contributed by atoms with E-state index in [0.717, 1.165) is 6.07 Å². The molecule has 1 aliphatic rings. The minimum atomic E-state index is -3.83. The summed E-state index contributed by atoms with van der Waals surface area (Å²) in [5.41, 5.74) is 0.356. The number of carbonyl (C=O) groups is 2. The average molecular weight is 497 g/mol. The third-order valence-corrected chi connectivity index (χ3v) is 7.08. The Hall–Kier alpha value is -2.66. The lowest BCUT2D eigenvalue weighted by Crippen LogP contribution is -2.40. The summed E-state index contributed by atoms with van der Waals surface area (Å²) in [5.74, 6) is -0.800. The van der Waals surface area contributed by atoms with E-state index in [1.807, 2.05) is 6.92 Å². The van der Waals surface area contributed by atoms with Crippen LogP contribution in [0.5, 0.6) is 5.75 Å². The highest BCUT2D eigenvalue weighted by Crippen LogP contribution is 2.25. The third-order valence-electron chi connectivity index (χ3n) is 4.85. The molecule has 0 bridgehead atoms. The van der Waals surface area contributed by atoms with Gasteiger partial charge in [0.05, 0.1) is 35.3 Å². The maximum atomic E-state index is 12.9. The molecule has 2 aromatic rings. The first kappa shape index (κ1) is 25.0. The number of carbonyl (C=O) groups excluding carboxylic acids is 2. The fraction of sp³-hybridized carbons (Fsp3) is 0.364. The summed E-state index contributed by atoms with van der Waals surface area (Å²) in [5, 5.41) is 2.66. The maximum Gasteiger partial charge on any atom is 0.340 e. The maximum absolute atomic E-state index is 12.9. The molecule has 0 saturated carbocycles. The summed E-state index contributed by atoms with van der Waals surface area (Å²) >= 11 is 6.12.